The molecule has 0 bridgehead atoms. The molecular formula is C17H24N2O2. The number of hydrogen-bond donors (Lipinski definition) is 1. The fourth-order valence-corrected chi connectivity index (χ4v) is 2.22. The van der Waals surface area contributed by atoms with Crippen LogP contribution in [0.5, 0.6) is 5.75 Å². The summed E-state index contributed by atoms with van der Waals surface area (Å²) in [5.41, 5.74) is 5.01. The third-order valence-electron chi connectivity index (χ3n) is 3.77. The first-order valence-corrected chi connectivity index (χ1v) is 7.19. The molecule has 0 aliphatic carbocycles. The first-order valence-electron chi connectivity index (χ1n) is 7.19. The van der Waals surface area contributed by atoms with Gasteiger partial charge in [-0.1, -0.05) is 0 Å². The molecule has 0 saturated heterocycles. The van der Waals surface area contributed by atoms with Crippen molar-refractivity contribution >= 4 is 5.69 Å². The van der Waals surface area contributed by atoms with Gasteiger partial charge in [-0.15, -0.1) is 0 Å². The van der Waals surface area contributed by atoms with E-state index in [9.17, 15) is 0 Å². The SMILES string of the molecule is COCCOc1ccc(NCc2cc(C)n(C)c2C)cc1. The summed E-state index contributed by atoms with van der Waals surface area (Å²) in [6.45, 7) is 6.29. The molecule has 114 valence electrons. The second-order valence-corrected chi connectivity index (χ2v) is 5.17. The van der Waals surface area contributed by atoms with Crippen molar-refractivity contribution in [1.29, 1.82) is 0 Å². The van der Waals surface area contributed by atoms with Crippen molar-refractivity contribution in [2.75, 3.05) is 25.6 Å². The number of anilines is 1. The Balaban J connectivity index is 1.90. The third kappa shape index (κ3) is 4.02. The van der Waals surface area contributed by atoms with Gasteiger partial charge in [-0.2, -0.15) is 0 Å². The van der Waals surface area contributed by atoms with Crippen molar-refractivity contribution in [2.24, 2.45) is 7.05 Å². The monoisotopic (exact) mass is 288 g/mol. The molecule has 2 rings (SSSR count). The number of nitrogens with zero attached hydrogens (tertiary/aromatic N) is 1. The van der Waals surface area contributed by atoms with Crippen LogP contribution in [0.3, 0.4) is 0 Å². The largest absolute Gasteiger partial charge is 0.491 e. The van der Waals surface area contributed by atoms with Crippen LogP contribution >= 0.6 is 0 Å². The summed E-state index contributed by atoms with van der Waals surface area (Å²) in [7, 11) is 3.77. The van der Waals surface area contributed by atoms with Crippen LogP contribution in [0.1, 0.15) is 17.0 Å². The Morgan fingerprint density at radius 2 is 1.81 bits per heavy atom. The molecule has 0 fully saturated rings. The molecule has 0 atom stereocenters. The molecule has 0 radical (unpaired) electrons. The van der Waals surface area contributed by atoms with E-state index in [4.69, 9.17) is 9.47 Å². The second-order valence-electron chi connectivity index (χ2n) is 5.17. The Morgan fingerprint density at radius 1 is 1.10 bits per heavy atom. The van der Waals surface area contributed by atoms with Gasteiger partial charge < -0.3 is 19.4 Å². The number of hydrogen-bond acceptors (Lipinski definition) is 3. The zero-order valence-corrected chi connectivity index (χ0v) is 13.3. The van der Waals surface area contributed by atoms with E-state index in [0.29, 0.717) is 13.2 Å². The van der Waals surface area contributed by atoms with Gasteiger partial charge in [0.05, 0.1) is 6.61 Å². The molecule has 21 heavy (non-hydrogen) atoms. The van der Waals surface area contributed by atoms with Crippen molar-refractivity contribution in [3.05, 3.63) is 47.3 Å². The van der Waals surface area contributed by atoms with Gasteiger partial charge in [0.2, 0.25) is 0 Å². The Labute approximate surface area is 126 Å². The molecule has 0 saturated carbocycles. The lowest BCUT2D eigenvalue weighted by Crippen LogP contribution is -2.04. The first-order chi connectivity index (χ1) is 10.1. The lowest BCUT2D eigenvalue weighted by Gasteiger charge is -2.09. The highest BCUT2D eigenvalue weighted by Gasteiger charge is 2.05. The van der Waals surface area contributed by atoms with Crippen molar-refractivity contribution in [3.63, 3.8) is 0 Å². The average Bonchev–Trinajstić information content (AvgIpc) is 2.74. The summed E-state index contributed by atoms with van der Waals surface area (Å²) < 4.78 is 12.7. The molecule has 2 aromatic rings. The van der Waals surface area contributed by atoms with E-state index in [0.717, 1.165) is 18.0 Å². The fraction of sp³-hybridized carbons (Fsp3) is 0.412. The Bertz CT molecular complexity index is 573. The van der Waals surface area contributed by atoms with Crippen molar-refractivity contribution in [3.8, 4) is 5.75 Å². The standard InChI is InChI=1S/C17H24N2O2/c1-13-11-15(14(2)19(13)3)12-18-16-5-7-17(8-6-16)21-10-9-20-4/h5-8,11,18H,9-10,12H2,1-4H3. The molecule has 0 aliphatic heterocycles. The zero-order valence-electron chi connectivity index (χ0n) is 13.3. The number of rotatable bonds is 7. The Hall–Kier alpha value is -1.94. The van der Waals surface area contributed by atoms with E-state index in [1.54, 1.807) is 7.11 Å². The fourth-order valence-electron chi connectivity index (χ4n) is 2.22. The van der Waals surface area contributed by atoms with E-state index in [-0.39, 0.29) is 0 Å². The lowest BCUT2D eigenvalue weighted by atomic mass is 10.2. The lowest BCUT2D eigenvalue weighted by molar-refractivity contribution is 0.146. The molecule has 1 aromatic carbocycles. The highest BCUT2D eigenvalue weighted by Crippen LogP contribution is 2.18. The molecule has 1 heterocycles. The summed E-state index contributed by atoms with van der Waals surface area (Å²) in [6.07, 6.45) is 0. The van der Waals surface area contributed by atoms with Crippen molar-refractivity contribution in [1.82, 2.24) is 4.57 Å². The highest BCUT2D eigenvalue weighted by atomic mass is 16.5. The zero-order chi connectivity index (χ0) is 15.2. The van der Waals surface area contributed by atoms with Crippen LogP contribution in [0.15, 0.2) is 30.3 Å². The summed E-state index contributed by atoms with van der Waals surface area (Å²) in [4.78, 5) is 0. The molecule has 4 nitrogen and oxygen atoms in total. The minimum Gasteiger partial charge on any atom is -0.491 e. The number of methoxy groups -OCH3 is 1. The normalized spacial score (nSPS) is 10.7. The number of nitrogens with one attached hydrogen (secondary N) is 1. The number of benzene rings is 1. The van der Waals surface area contributed by atoms with Crippen LogP contribution in [0, 0.1) is 13.8 Å². The van der Waals surface area contributed by atoms with E-state index in [1.165, 1.54) is 17.0 Å². The minimum atomic E-state index is 0.575. The summed E-state index contributed by atoms with van der Waals surface area (Å²) in [5, 5.41) is 3.44. The second kappa shape index (κ2) is 7.18. The van der Waals surface area contributed by atoms with Gasteiger partial charge in [0.25, 0.3) is 0 Å². The van der Waals surface area contributed by atoms with Gasteiger partial charge in [0.1, 0.15) is 12.4 Å². The molecule has 1 aromatic heterocycles. The van der Waals surface area contributed by atoms with Crippen LogP contribution in [0.25, 0.3) is 0 Å². The highest BCUT2D eigenvalue weighted by molar-refractivity contribution is 5.47. The quantitative estimate of drug-likeness (QED) is 0.794. The van der Waals surface area contributed by atoms with Gasteiger partial charge >= 0.3 is 0 Å². The van der Waals surface area contributed by atoms with E-state index >= 15 is 0 Å². The summed E-state index contributed by atoms with van der Waals surface area (Å²) >= 11 is 0. The number of ether oxygens (including phenoxy) is 2. The van der Waals surface area contributed by atoms with Crippen LogP contribution in [-0.4, -0.2) is 24.9 Å². The van der Waals surface area contributed by atoms with E-state index in [2.05, 4.69) is 36.8 Å². The van der Waals surface area contributed by atoms with Gasteiger partial charge in [-0.05, 0) is 49.7 Å². The maximum absolute atomic E-state index is 5.55. The Kier molecular flexibility index (Phi) is 5.28. The minimum absolute atomic E-state index is 0.575. The van der Waals surface area contributed by atoms with Crippen LogP contribution in [0.4, 0.5) is 5.69 Å². The van der Waals surface area contributed by atoms with Gasteiger partial charge in [-0.3, -0.25) is 0 Å². The van der Waals surface area contributed by atoms with Crippen LogP contribution < -0.4 is 10.1 Å². The van der Waals surface area contributed by atoms with Crippen molar-refractivity contribution < 1.29 is 9.47 Å². The number of aromatic nitrogens is 1. The number of aryl methyl sites for hydroxylation is 1. The van der Waals surface area contributed by atoms with Crippen LogP contribution in [-0.2, 0) is 18.3 Å². The molecule has 1 N–H and O–H groups in total. The van der Waals surface area contributed by atoms with Crippen LogP contribution in [0.2, 0.25) is 0 Å². The first kappa shape index (κ1) is 15.4. The topological polar surface area (TPSA) is 35.4 Å². The predicted octanol–water partition coefficient (Wildman–Crippen LogP) is 3.28. The van der Waals surface area contributed by atoms with E-state index in [1.807, 2.05) is 24.3 Å². The maximum atomic E-state index is 5.55. The molecule has 0 amide bonds. The van der Waals surface area contributed by atoms with Crippen molar-refractivity contribution in [2.45, 2.75) is 20.4 Å². The predicted molar refractivity (Wildman–Crippen MR) is 86.0 cm³/mol. The van der Waals surface area contributed by atoms with E-state index < -0.39 is 0 Å². The smallest absolute Gasteiger partial charge is 0.119 e. The van der Waals surface area contributed by atoms with Gasteiger partial charge in [-0.25, -0.2) is 0 Å². The molecule has 0 aliphatic rings. The third-order valence-corrected chi connectivity index (χ3v) is 3.77. The molecule has 4 heteroatoms. The van der Waals surface area contributed by atoms with Gasteiger partial charge in [0.15, 0.2) is 0 Å². The molecule has 0 spiro atoms. The summed E-state index contributed by atoms with van der Waals surface area (Å²) in [6, 6.07) is 10.2. The summed E-state index contributed by atoms with van der Waals surface area (Å²) in [5.74, 6) is 0.865. The van der Waals surface area contributed by atoms with Gasteiger partial charge in [0, 0.05) is 37.8 Å². The molecule has 0 unspecified atom stereocenters. The Morgan fingerprint density at radius 3 is 2.38 bits per heavy atom. The maximum Gasteiger partial charge on any atom is 0.119 e. The molecular weight excluding hydrogens is 264 g/mol. The average molecular weight is 288 g/mol.